The molecule has 2 aromatic heterocycles. The number of nitrogens with one attached hydrogen (secondary N) is 1. The summed E-state index contributed by atoms with van der Waals surface area (Å²) in [6.45, 7) is 0. The molecule has 4 aromatic rings. The van der Waals surface area contributed by atoms with Gasteiger partial charge < -0.3 is 14.5 Å². The van der Waals surface area contributed by atoms with Crippen molar-refractivity contribution in [3.05, 3.63) is 71.6 Å². The van der Waals surface area contributed by atoms with Crippen LogP contribution in [0.3, 0.4) is 0 Å². The van der Waals surface area contributed by atoms with Gasteiger partial charge in [0.15, 0.2) is 10.3 Å². The molecule has 4 rings (SSSR count). The Bertz CT molecular complexity index is 1290. The van der Waals surface area contributed by atoms with Crippen molar-refractivity contribution in [1.82, 2.24) is 9.97 Å². The standard InChI is InChI=1S/C19H13FN3O5PS/c20-17-10-21-19(30-17)23-18(24)15-9-16(13-3-1-2-4-14(13)22-15)28-11-5-7-12(8-6-11)29(25,26)27/h1-10H,(H,21,23,24)(H2,25,26,27). The predicted molar refractivity (Wildman–Crippen MR) is 110 cm³/mol. The van der Waals surface area contributed by atoms with Crippen molar-refractivity contribution in [2.75, 3.05) is 5.32 Å². The molecule has 0 fully saturated rings. The summed E-state index contributed by atoms with van der Waals surface area (Å²) in [5, 5.41) is 2.55. The smallest absolute Gasteiger partial charge is 0.356 e. The van der Waals surface area contributed by atoms with E-state index in [4.69, 9.17) is 4.74 Å². The quantitative estimate of drug-likeness (QED) is 0.401. The molecule has 0 radical (unpaired) electrons. The number of hydrogen-bond donors (Lipinski definition) is 3. The zero-order valence-electron chi connectivity index (χ0n) is 15.0. The first-order valence-corrected chi connectivity index (χ1v) is 10.9. The van der Waals surface area contributed by atoms with Crippen molar-refractivity contribution in [3.63, 3.8) is 0 Å². The van der Waals surface area contributed by atoms with Crippen molar-refractivity contribution in [2.24, 2.45) is 0 Å². The van der Waals surface area contributed by atoms with Gasteiger partial charge in [-0.25, -0.2) is 9.97 Å². The van der Waals surface area contributed by atoms with E-state index in [0.29, 0.717) is 33.7 Å². The van der Waals surface area contributed by atoms with E-state index in [9.17, 15) is 23.5 Å². The molecular weight excluding hydrogens is 432 g/mol. The third-order valence-corrected chi connectivity index (χ3v) is 5.68. The second kappa shape index (κ2) is 7.92. The van der Waals surface area contributed by atoms with Crippen LogP contribution < -0.4 is 15.4 Å². The summed E-state index contributed by atoms with van der Waals surface area (Å²) >= 11 is 0.692. The van der Waals surface area contributed by atoms with Crippen molar-refractivity contribution in [3.8, 4) is 11.5 Å². The van der Waals surface area contributed by atoms with Crippen molar-refractivity contribution in [2.45, 2.75) is 0 Å². The Morgan fingerprint density at radius 3 is 2.53 bits per heavy atom. The minimum atomic E-state index is -4.36. The number of nitrogens with zero attached hydrogens (tertiary/aromatic N) is 2. The summed E-state index contributed by atoms with van der Waals surface area (Å²) in [5.74, 6) is 0.0497. The van der Waals surface area contributed by atoms with Gasteiger partial charge in [0.1, 0.15) is 17.2 Å². The number of ether oxygens (including phenoxy) is 1. The summed E-state index contributed by atoms with van der Waals surface area (Å²) in [4.78, 5) is 39.1. The van der Waals surface area contributed by atoms with E-state index in [1.165, 1.54) is 30.3 Å². The molecule has 0 aliphatic heterocycles. The average molecular weight is 445 g/mol. The molecule has 0 atom stereocenters. The molecule has 0 saturated heterocycles. The molecule has 0 saturated carbocycles. The Labute approximate surface area is 173 Å². The van der Waals surface area contributed by atoms with E-state index in [2.05, 4.69) is 15.3 Å². The minimum Gasteiger partial charge on any atom is -0.457 e. The third-order valence-electron chi connectivity index (χ3n) is 4.01. The summed E-state index contributed by atoms with van der Waals surface area (Å²) < 4.78 is 30.3. The number of benzene rings is 2. The van der Waals surface area contributed by atoms with Gasteiger partial charge in [0.05, 0.1) is 17.0 Å². The minimum absolute atomic E-state index is 0.0335. The first-order valence-electron chi connectivity index (χ1n) is 8.46. The number of aromatic nitrogens is 2. The molecule has 0 aliphatic carbocycles. The summed E-state index contributed by atoms with van der Waals surface area (Å²) in [7, 11) is -4.36. The van der Waals surface area contributed by atoms with Gasteiger partial charge in [-0.3, -0.25) is 14.7 Å². The number of carbonyl (C=O) groups is 1. The Balaban J connectivity index is 1.68. The topological polar surface area (TPSA) is 122 Å². The zero-order chi connectivity index (χ0) is 21.3. The molecule has 2 heterocycles. The van der Waals surface area contributed by atoms with Crippen molar-refractivity contribution >= 4 is 46.2 Å². The third kappa shape index (κ3) is 4.37. The van der Waals surface area contributed by atoms with Crippen LogP contribution in [0.4, 0.5) is 9.52 Å². The molecule has 3 N–H and O–H groups in total. The zero-order valence-corrected chi connectivity index (χ0v) is 16.7. The second-order valence-electron chi connectivity index (χ2n) is 6.09. The lowest BCUT2D eigenvalue weighted by Crippen LogP contribution is -2.13. The lowest BCUT2D eigenvalue weighted by atomic mass is 10.1. The monoisotopic (exact) mass is 445 g/mol. The fourth-order valence-electron chi connectivity index (χ4n) is 2.65. The van der Waals surface area contributed by atoms with E-state index >= 15 is 0 Å². The molecule has 0 bridgehead atoms. The molecule has 152 valence electrons. The number of para-hydroxylation sites is 1. The molecule has 8 nitrogen and oxygen atoms in total. The Morgan fingerprint density at radius 2 is 1.87 bits per heavy atom. The SMILES string of the molecule is O=C(Nc1ncc(F)s1)c1cc(Oc2ccc(P(=O)(O)O)cc2)c2ccccc2n1. The van der Waals surface area contributed by atoms with Gasteiger partial charge in [-0.1, -0.05) is 23.5 Å². The first-order chi connectivity index (χ1) is 14.3. The number of halogens is 1. The molecule has 0 aliphatic rings. The largest absolute Gasteiger partial charge is 0.457 e. The van der Waals surface area contributed by atoms with Crippen molar-refractivity contribution < 1.29 is 28.3 Å². The number of carbonyl (C=O) groups excluding carboxylic acids is 1. The highest BCUT2D eigenvalue weighted by Crippen LogP contribution is 2.35. The number of rotatable bonds is 5. The van der Waals surface area contributed by atoms with E-state index in [1.54, 1.807) is 24.3 Å². The van der Waals surface area contributed by atoms with Gasteiger partial charge >= 0.3 is 7.60 Å². The van der Waals surface area contributed by atoms with Gasteiger partial charge in [-0.15, -0.1) is 0 Å². The Hall–Kier alpha value is -3.17. The molecule has 30 heavy (non-hydrogen) atoms. The maximum atomic E-state index is 13.1. The molecule has 0 spiro atoms. The van der Waals surface area contributed by atoms with Gasteiger partial charge in [0.25, 0.3) is 5.91 Å². The van der Waals surface area contributed by atoms with Crippen LogP contribution in [0, 0.1) is 5.13 Å². The normalized spacial score (nSPS) is 11.4. The summed E-state index contributed by atoms with van der Waals surface area (Å²) in [5.41, 5.74) is 0.531. The number of hydrogen-bond acceptors (Lipinski definition) is 6. The fourth-order valence-corrected chi connectivity index (χ4v) is 3.73. The van der Waals surface area contributed by atoms with Gasteiger partial charge in [0.2, 0.25) is 0 Å². The fraction of sp³-hybridized carbons (Fsp3) is 0. The molecule has 11 heteroatoms. The highest BCUT2D eigenvalue weighted by molar-refractivity contribution is 7.60. The number of thiazole rings is 1. The number of fused-ring (bicyclic) bond motifs is 1. The number of amides is 1. The Kier molecular flexibility index (Phi) is 5.31. The predicted octanol–water partition coefficient (Wildman–Crippen LogP) is 3.68. The van der Waals surface area contributed by atoms with E-state index in [0.717, 1.165) is 6.20 Å². The highest BCUT2D eigenvalue weighted by atomic mass is 32.1. The van der Waals surface area contributed by atoms with Crippen LogP contribution in [0.25, 0.3) is 10.9 Å². The van der Waals surface area contributed by atoms with Crippen LogP contribution in [0.15, 0.2) is 60.8 Å². The molecule has 2 aromatic carbocycles. The second-order valence-corrected chi connectivity index (χ2v) is 8.67. The van der Waals surface area contributed by atoms with E-state index < -0.39 is 18.6 Å². The van der Waals surface area contributed by atoms with Crippen LogP contribution >= 0.6 is 18.9 Å². The van der Waals surface area contributed by atoms with Crippen LogP contribution in [0.1, 0.15) is 10.5 Å². The van der Waals surface area contributed by atoms with Gasteiger partial charge in [-0.2, -0.15) is 4.39 Å². The summed E-state index contributed by atoms with van der Waals surface area (Å²) in [6, 6.07) is 13.8. The van der Waals surface area contributed by atoms with Gasteiger partial charge in [-0.05, 0) is 36.4 Å². The lowest BCUT2D eigenvalue weighted by Gasteiger charge is -2.12. The maximum absolute atomic E-state index is 13.1. The molecule has 1 amide bonds. The Morgan fingerprint density at radius 1 is 1.13 bits per heavy atom. The van der Waals surface area contributed by atoms with E-state index in [1.807, 2.05) is 0 Å². The molecular formula is C19H13FN3O5PS. The van der Waals surface area contributed by atoms with Gasteiger partial charge in [0, 0.05) is 11.5 Å². The molecule has 0 unspecified atom stereocenters. The highest BCUT2D eigenvalue weighted by Gasteiger charge is 2.18. The maximum Gasteiger partial charge on any atom is 0.356 e. The summed E-state index contributed by atoms with van der Waals surface area (Å²) in [6.07, 6.45) is 1.00. The van der Waals surface area contributed by atoms with Crippen molar-refractivity contribution in [1.29, 1.82) is 0 Å². The number of anilines is 1. The average Bonchev–Trinajstić information content (AvgIpc) is 3.12. The first kappa shape index (κ1) is 20.1. The van der Waals surface area contributed by atoms with Crippen LogP contribution in [-0.4, -0.2) is 25.7 Å². The lowest BCUT2D eigenvalue weighted by molar-refractivity contribution is 0.102. The van der Waals surface area contributed by atoms with E-state index in [-0.39, 0.29) is 16.1 Å². The van der Waals surface area contributed by atoms with Crippen LogP contribution in [0.2, 0.25) is 0 Å². The number of pyridine rings is 1. The van der Waals surface area contributed by atoms with Crippen LogP contribution in [-0.2, 0) is 4.57 Å². The van der Waals surface area contributed by atoms with Crippen LogP contribution in [0.5, 0.6) is 11.5 Å².